The molecule has 3 heteroatoms. The Bertz CT molecular complexity index is 456. The largest absolute Gasteiger partial charge is 0.491 e. The van der Waals surface area contributed by atoms with E-state index in [4.69, 9.17) is 4.74 Å². The summed E-state index contributed by atoms with van der Waals surface area (Å²) in [6, 6.07) is 6.66. The molecule has 0 saturated carbocycles. The summed E-state index contributed by atoms with van der Waals surface area (Å²) in [5, 5.41) is 0.786. The normalized spacial score (nSPS) is 10.4. The molecule has 0 aliphatic rings. The Balaban J connectivity index is 2.59. The Labute approximate surface area is 81.3 Å². The van der Waals surface area contributed by atoms with Crippen molar-refractivity contribution in [3.63, 3.8) is 0 Å². The molecular weight excluding hydrogens is 181 g/mol. The second-order valence-electron chi connectivity index (χ2n) is 2.91. The predicted octanol–water partition coefficient (Wildman–Crippen LogP) is 2.77. The molecule has 0 atom stereocenters. The van der Waals surface area contributed by atoms with Crippen molar-refractivity contribution in [1.82, 2.24) is 4.98 Å². The molecule has 0 fully saturated rings. The van der Waals surface area contributed by atoms with Gasteiger partial charge in [0.05, 0.1) is 12.1 Å². The van der Waals surface area contributed by atoms with Gasteiger partial charge in [0.15, 0.2) is 11.6 Å². The summed E-state index contributed by atoms with van der Waals surface area (Å²) in [5.74, 6) is -0.0777. The maximum atomic E-state index is 13.4. The van der Waals surface area contributed by atoms with E-state index < -0.39 is 0 Å². The SMILES string of the molecule is CCOc1cc2ncccc2cc1F. The number of nitrogens with zero attached hydrogens (tertiary/aromatic N) is 1. The van der Waals surface area contributed by atoms with Crippen molar-refractivity contribution < 1.29 is 9.13 Å². The highest BCUT2D eigenvalue weighted by molar-refractivity contribution is 5.79. The van der Waals surface area contributed by atoms with Gasteiger partial charge in [-0.1, -0.05) is 6.07 Å². The van der Waals surface area contributed by atoms with E-state index in [1.54, 1.807) is 18.3 Å². The van der Waals surface area contributed by atoms with Crippen molar-refractivity contribution in [3.05, 3.63) is 36.3 Å². The molecule has 2 rings (SSSR count). The Hall–Kier alpha value is -1.64. The van der Waals surface area contributed by atoms with E-state index in [0.29, 0.717) is 6.61 Å². The predicted molar refractivity (Wildman–Crippen MR) is 52.9 cm³/mol. The van der Waals surface area contributed by atoms with Crippen LogP contribution in [0.15, 0.2) is 30.5 Å². The molecule has 0 radical (unpaired) electrons. The number of pyridine rings is 1. The third kappa shape index (κ3) is 1.53. The number of fused-ring (bicyclic) bond motifs is 1. The van der Waals surface area contributed by atoms with Crippen molar-refractivity contribution in [2.75, 3.05) is 6.61 Å². The van der Waals surface area contributed by atoms with E-state index in [2.05, 4.69) is 4.98 Å². The number of halogens is 1. The third-order valence-corrected chi connectivity index (χ3v) is 1.96. The van der Waals surface area contributed by atoms with Gasteiger partial charge in [-0.25, -0.2) is 4.39 Å². The Kier molecular flexibility index (Phi) is 2.31. The zero-order chi connectivity index (χ0) is 9.97. The van der Waals surface area contributed by atoms with Crippen LogP contribution < -0.4 is 4.74 Å². The van der Waals surface area contributed by atoms with Gasteiger partial charge in [-0.05, 0) is 19.1 Å². The summed E-state index contributed by atoms with van der Waals surface area (Å²) in [4.78, 5) is 4.12. The minimum Gasteiger partial charge on any atom is -0.491 e. The molecule has 0 unspecified atom stereocenters. The van der Waals surface area contributed by atoms with E-state index in [1.165, 1.54) is 6.07 Å². The van der Waals surface area contributed by atoms with Crippen molar-refractivity contribution in [2.45, 2.75) is 6.92 Å². The fourth-order valence-corrected chi connectivity index (χ4v) is 1.34. The average Bonchev–Trinajstić information content (AvgIpc) is 2.19. The maximum Gasteiger partial charge on any atom is 0.165 e. The molecule has 72 valence electrons. The van der Waals surface area contributed by atoms with E-state index >= 15 is 0 Å². The van der Waals surface area contributed by atoms with Crippen LogP contribution in [0.3, 0.4) is 0 Å². The summed E-state index contributed by atoms with van der Waals surface area (Å²) in [5.41, 5.74) is 0.748. The molecule has 1 aromatic carbocycles. The first-order valence-electron chi connectivity index (χ1n) is 4.48. The Morgan fingerprint density at radius 2 is 2.29 bits per heavy atom. The Morgan fingerprint density at radius 1 is 1.43 bits per heavy atom. The molecule has 1 heterocycles. The number of hydrogen-bond acceptors (Lipinski definition) is 2. The number of benzene rings is 1. The highest BCUT2D eigenvalue weighted by Crippen LogP contribution is 2.23. The second-order valence-corrected chi connectivity index (χ2v) is 2.91. The molecule has 2 nitrogen and oxygen atoms in total. The quantitative estimate of drug-likeness (QED) is 0.728. The molecule has 2 aromatic rings. The zero-order valence-electron chi connectivity index (χ0n) is 7.83. The van der Waals surface area contributed by atoms with Crippen LogP contribution in [0.25, 0.3) is 10.9 Å². The van der Waals surface area contributed by atoms with Crippen molar-refractivity contribution >= 4 is 10.9 Å². The monoisotopic (exact) mass is 191 g/mol. The van der Waals surface area contributed by atoms with E-state index in [9.17, 15) is 4.39 Å². The van der Waals surface area contributed by atoms with Gasteiger partial charge in [0.25, 0.3) is 0 Å². The first-order valence-corrected chi connectivity index (χ1v) is 4.48. The highest BCUT2D eigenvalue weighted by Gasteiger charge is 2.05. The lowest BCUT2D eigenvalue weighted by Crippen LogP contribution is -1.94. The van der Waals surface area contributed by atoms with Gasteiger partial charge in [0.2, 0.25) is 0 Å². The lowest BCUT2D eigenvalue weighted by molar-refractivity contribution is 0.322. The van der Waals surface area contributed by atoms with Crippen LogP contribution >= 0.6 is 0 Å². The first-order chi connectivity index (χ1) is 6.81. The third-order valence-electron chi connectivity index (χ3n) is 1.96. The van der Waals surface area contributed by atoms with E-state index in [-0.39, 0.29) is 11.6 Å². The number of ether oxygens (including phenoxy) is 1. The van der Waals surface area contributed by atoms with E-state index in [1.807, 2.05) is 13.0 Å². The minimum atomic E-state index is -0.340. The van der Waals surface area contributed by atoms with Crippen molar-refractivity contribution in [3.8, 4) is 5.75 Å². The summed E-state index contributed by atoms with van der Waals surface area (Å²) in [6.07, 6.45) is 1.68. The van der Waals surface area contributed by atoms with Gasteiger partial charge in [-0.3, -0.25) is 4.98 Å². The lowest BCUT2D eigenvalue weighted by atomic mass is 10.2. The van der Waals surface area contributed by atoms with Crippen LogP contribution in [0, 0.1) is 5.82 Å². The highest BCUT2D eigenvalue weighted by atomic mass is 19.1. The molecule has 0 saturated heterocycles. The zero-order valence-corrected chi connectivity index (χ0v) is 7.83. The molecule has 0 aliphatic carbocycles. The van der Waals surface area contributed by atoms with Crippen LogP contribution in [0.5, 0.6) is 5.75 Å². The van der Waals surface area contributed by atoms with E-state index in [0.717, 1.165) is 10.9 Å². The molecule has 1 aromatic heterocycles. The molecule has 14 heavy (non-hydrogen) atoms. The first kappa shape index (κ1) is 8.94. The molecule has 0 N–H and O–H groups in total. The second kappa shape index (κ2) is 3.62. The van der Waals surface area contributed by atoms with Gasteiger partial charge in [0.1, 0.15) is 0 Å². The minimum absolute atomic E-state index is 0.263. The molecular formula is C11H10FNO. The topological polar surface area (TPSA) is 22.1 Å². The fraction of sp³-hybridized carbons (Fsp3) is 0.182. The summed E-state index contributed by atoms with van der Waals surface area (Å²) < 4.78 is 18.5. The lowest BCUT2D eigenvalue weighted by Gasteiger charge is -2.05. The van der Waals surface area contributed by atoms with Crippen LogP contribution in [-0.2, 0) is 0 Å². The van der Waals surface area contributed by atoms with Crippen LogP contribution in [0.2, 0.25) is 0 Å². The fourth-order valence-electron chi connectivity index (χ4n) is 1.34. The standard InChI is InChI=1S/C11H10FNO/c1-2-14-11-7-10-8(6-9(11)12)4-3-5-13-10/h3-7H,2H2,1H3. The van der Waals surface area contributed by atoms with Gasteiger partial charge in [-0.2, -0.15) is 0 Å². The molecule has 0 spiro atoms. The molecule has 0 aliphatic heterocycles. The smallest absolute Gasteiger partial charge is 0.165 e. The van der Waals surface area contributed by atoms with Crippen molar-refractivity contribution in [1.29, 1.82) is 0 Å². The van der Waals surface area contributed by atoms with Gasteiger partial charge < -0.3 is 4.74 Å². The van der Waals surface area contributed by atoms with Gasteiger partial charge >= 0.3 is 0 Å². The summed E-state index contributed by atoms with van der Waals surface area (Å²) >= 11 is 0. The molecule has 0 amide bonds. The van der Waals surface area contributed by atoms with Crippen molar-refractivity contribution in [2.24, 2.45) is 0 Å². The summed E-state index contributed by atoms with van der Waals surface area (Å²) in [7, 11) is 0. The van der Waals surface area contributed by atoms with Gasteiger partial charge in [-0.15, -0.1) is 0 Å². The number of rotatable bonds is 2. The molecule has 0 bridgehead atoms. The van der Waals surface area contributed by atoms with Crippen LogP contribution in [0.1, 0.15) is 6.92 Å². The maximum absolute atomic E-state index is 13.4. The van der Waals surface area contributed by atoms with Crippen LogP contribution in [0.4, 0.5) is 4.39 Å². The Morgan fingerprint density at radius 3 is 3.07 bits per heavy atom. The number of aromatic nitrogens is 1. The summed E-state index contributed by atoms with van der Waals surface area (Å²) in [6.45, 7) is 2.28. The average molecular weight is 191 g/mol. The number of hydrogen-bond donors (Lipinski definition) is 0. The van der Waals surface area contributed by atoms with Gasteiger partial charge in [0, 0.05) is 17.6 Å². The van der Waals surface area contributed by atoms with Crippen LogP contribution in [-0.4, -0.2) is 11.6 Å².